The molecule has 0 heterocycles. The molecule has 3 fully saturated rings. The molecule has 3 saturated carbocycles. The molecule has 0 aliphatic heterocycles. The van der Waals surface area contributed by atoms with Crippen molar-refractivity contribution in [3.05, 3.63) is 35.1 Å². The normalized spacial score (nSPS) is 44.1. The smallest absolute Gasteiger partial charge is 0.308 e. The van der Waals surface area contributed by atoms with Gasteiger partial charge >= 0.3 is 5.97 Å². The first-order chi connectivity index (χ1) is 13.4. The van der Waals surface area contributed by atoms with Gasteiger partial charge < -0.3 is 4.74 Å². The standard InChI is InChI=1S/C24H29FO4/c1-11-9-18(27)21(29-14(4)26)20-13(3)12(2)19-15(24(11,20)6)7-8-23(5)16(19)10-17(25)22(23)28/h9,12,15-17,19H,3,7-8,10H2,1-2,4-6H3/t12-,15+,16+,17+,19-,23+,24-/m1/s1. The molecule has 0 amide bonds. The van der Waals surface area contributed by atoms with Gasteiger partial charge in [-0.1, -0.05) is 32.9 Å². The highest BCUT2D eigenvalue weighted by atomic mass is 19.1. The van der Waals surface area contributed by atoms with Crippen molar-refractivity contribution in [3.8, 4) is 0 Å². The molecule has 4 aliphatic rings. The predicted molar refractivity (Wildman–Crippen MR) is 106 cm³/mol. The summed E-state index contributed by atoms with van der Waals surface area (Å²) in [6, 6.07) is 0. The Morgan fingerprint density at radius 1 is 1.28 bits per heavy atom. The Kier molecular flexibility index (Phi) is 4.35. The third-order valence-electron chi connectivity index (χ3n) is 8.60. The molecule has 0 aromatic carbocycles. The highest BCUT2D eigenvalue weighted by Crippen LogP contribution is 2.67. The van der Waals surface area contributed by atoms with Crippen molar-refractivity contribution in [1.29, 1.82) is 0 Å². The minimum absolute atomic E-state index is 0.0324. The van der Waals surface area contributed by atoms with E-state index in [1.807, 2.05) is 13.8 Å². The molecule has 0 N–H and O–H groups in total. The molecule has 0 spiro atoms. The average molecular weight is 400 g/mol. The van der Waals surface area contributed by atoms with Crippen LogP contribution in [0.15, 0.2) is 35.1 Å². The summed E-state index contributed by atoms with van der Waals surface area (Å²) in [5.74, 6) is -0.864. The van der Waals surface area contributed by atoms with Gasteiger partial charge in [-0.25, -0.2) is 4.39 Å². The van der Waals surface area contributed by atoms with Crippen molar-refractivity contribution in [2.45, 2.75) is 60.1 Å². The Morgan fingerprint density at radius 3 is 2.55 bits per heavy atom. The molecule has 5 heteroatoms. The van der Waals surface area contributed by atoms with Crippen LogP contribution in [0.2, 0.25) is 0 Å². The Bertz CT molecular complexity index is 912. The largest absolute Gasteiger partial charge is 0.422 e. The van der Waals surface area contributed by atoms with Gasteiger partial charge in [-0.2, -0.15) is 0 Å². The van der Waals surface area contributed by atoms with E-state index in [-0.39, 0.29) is 47.4 Å². The molecule has 0 aromatic heterocycles. The van der Waals surface area contributed by atoms with Gasteiger partial charge in [0.1, 0.15) is 0 Å². The van der Waals surface area contributed by atoms with Gasteiger partial charge in [-0.15, -0.1) is 0 Å². The van der Waals surface area contributed by atoms with E-state index >= 15 is 0 Å². The van der Waals surface area contributed by atoms with Crippen LogP contribution in [0.1, 0.15) is 53.9 Å². The van der Waals surface area contributed by atoms with Gasteiger partial charge in [0.05, 0.1) is 0 Å². The molecular weight excluding hydrogens is 371 g/mol. The number of esters is 1. The second-order valence-corrected chi connectivity index (χ2v) is 9.82. The average Bonchev–Trinajstić information content (AvgIpc) is 2.87. The van der Waals surface area contributed by atoms with E-state index in [2.05, 4.69) is 20.4 Å². The van der Waals surface area contributed by atoms with E-state index in [1.165, 1.54) is 6.92 Å². The first-order valence-electron chi connectivity index (χ1n) is 10.5. The number of rotatable bonds is 1. The molecular formula is C24H29FO4. The molecule has 4 nitrogen and oxygen atoms in total. The van der Waals surface area contributed by atoms with E-state index in [4.69, 9.17) is 4.74 Å². The van der Waals surface area contributed by atoms with E-state index in [1.54, 1.807) is 6.08 Å². The number of fused-ring (bicyclic) bond motifs is 5. The minimum Gasteiger partial charge on any atom is -0.422 e. The zero-order valence-electron chi connectivity index (χ0n) is 17.8. The number of hydrogen-bond acceptors (Lipinski definition) is 4. The summed E-state index contributed by atoms with van der Waals surface area (Å²) in [7, 11) is 0. The SMILES string of the molecule is C=C1C2=C(OC(C)=O)C(=O)C=C(C)[C@]2(C)[C@H]2CC[C@]3(C)C(=O)[C@@H](F)C[C@H]3[C@@H]2[C@@H]1C. The molecule has 0 bridgehead atoms. The van der Waals surface area contributed by atoms with Gasteiger partial charge in [-0.05, 0) is 61.5 Å². The number of allylic oxidation sites excluding steroid dienone is 4. The summed E-state index contributed by atoms with van der Waals surface area (Å²) < 4.78 is 19.9. The lowest BCUT2D eigenvalue weighted by atomic mass is 9.44. The van der Waals surface area contributed by atoms with Crippen LogP contribution >= 0.6 is 0 Å². The number of carbonyl (C=O) groups excluding carboxylic acids is 3. The Labute approximate surface area is 171 Å². The van der Waals surface area contributed by atoms with Crippen LogP contribution in [0.25, 0.3) is 0 Å². The molecule has 0 aromatic rings. The molecule has 0 saturated heterocycles. The molecule has 156 valence electrons. The van der Waals surface area contributed by atoms with Gasteiger partial charge in [0, 0.05) is 23.3 Å². The molecule has 0 unspecified atom stereocenters. The van der Waals surface area contributed by atoms with Crippen molar-refractivity contribution >= 4 is 17.5 Å². The summed E-state index contributed by atoms with van der Waals surface area (Å²) in [4.78, 5) is 37.1. The van der Waals surface area contributed by atoms with Crippen molar-refractivity contribution in [2.24, 2.45) is 34.5 Å². The van der Waals surface area contributed by atoms with Crippen LogP contribution in [-0.2, 0) is 19.1 Å². The van der Waals surface area contributed by atoms with E-state index in [9.17, 15) is 18.8 Å². The number of carbonyl (C=O) groups is 3. The Morgan fingerprint density at radius 2 is 1.93 bits per heavy atom. The maximum absolute atomic E-state index is 14.5. The minimum atomic E-state index is -1.39. The predicted octanol–water partition coefficient (Wildman–Crippen LogP) is 4.50. The van der Waals surface area contributed by atoms with Crippen LogP contribution in [0.4, 0.5) is 4.39 Å². The molecule has 4 aliphatic carbocycles. The lowest BCUT2D eigenvalue weighted by Gasteiger charge is -2.59. The van der Waals surface area contributed by atoms with Crippen LogP contribution in [0.3, 0.4) is 0 Å². The third kappa shape index (κ3) is 2.45. The summed E-state index contributed by atoms with van der Waals surface area (Å²) in [5, 5.41) is 0. The maximum Gasteiger partial charge on any atom is 0.308 e. The number of hydrogen-bond donors (Lipinski definition) is 0. The second-order valence-electron chi connectivity index (χ2n) is 9.82. The Balaban J connectivity index is 1.89. The van der Waals surface area contributed by atoms with Gasteiger partial charge in [0.15, 0.2) is 17.7 Å². The summed E-state index contributed by atoms with van der Waals surface area (Å²) in [6.07, 6.45) is 1.84. The fourth-order valence-corrected chi connectivity index (χ4v) is 6.95. The summed E-state index contributed by atoms with van der Waals surface area (Å²) in [5.41, 5.74) is 1.25. The third-order valence-corrected chi connectivity index (χ3v) is 8.60. The molecule has 0 radical (unpaired) electrons. The summed E-state index contributed by atoms with van der Waals surface area (Å²) >= 11 is 0. The monoisotopic (exact) mass is 400 g/mol. The number of ether oxygens (including phenoxy) is 1. The number of ketones is 2. The van der Waals surface area contributed by atoms with Crippen molar-refractivity contribution < 1.29 is 23.5 Å². The summed E-state index contributed by atoms with van der Waals surface area (Å²) in [6.45, 7) is 13.6. The topological polar surface area (TPSA) is 60.4 Å². The quantitative estimate of drug-likeness (QED) is 0.608. The van der Waals surface area contributed by atoms with Crippen LogP contribution in [0, 0.1) is 34.5 Å². The fourth-order valence-electron chi connectivity index (χ4n) is 6.95. The first-order valence-corrected chi connectivity index (χ1v) is 10.5. The van der Waals surface area contributed by atoms with Gasteiger partial charge in [0.2, 0.25) is 5.78 Å². The van der Waals surface area contributed by atoms with E-state index < -0.39 is 23.0 Å². The molecule has 4 rings (SSSR count). The molecule has 7 atom stereocenters. The van der Waals surface area contributed by atoms with E-state index in [0.29, 0.717) is 6.42 Å². The fraction of sp³-hybridized carbons (Fsp3) is 0.625. The highest BCUT2D eigenvalue weighted by Gasteiger charge is 2.65. The number of alkyl halides is 1. The maximum atomic E-state index is 14.5. The highest BCUT2D eigenvalue weighted by molar-refractivity contribution is 6.07. The van der Waals surface area contributed by atoms with Crippen LogP contribution in [-0.4, -0.2) is 23.7 Å². The van der Waals surface area contributed by atoms with Crippen molar-refractivity contribution in [1.82, 2.24) is 0 Å². The van der Waals surface area contributed by atoms with Crippen molar-refractivity contribution in [3.63, 3.8) is 0 Å². The van der Waals surface area contributed by atoms with Gasteiger partial charge in [0.25, 0.3) is 0 Å². The first kappa shape index (κ1) is 20.2. The lowest BCUT2D eigenvalue weighted by Crippen LogP contribution is -2.54. The Hall–Kier alpha value is -2.04. The van der Waals surface area contributed by atoms with Crippen LogP contribution in [0.5, 0.6) is 0 Å². The van der Waals surface area contributed by atoms with Crippen LogP contribution < -0.4 is 0 Å². The van der Waals surface area contributed by atoms with E-state index in [0.717, 1.165) is 23.1 Å². The zero-order chi connectivity index (χ0) is 21.5. The lowest BCUT2D eigenvalue weighted by molar-refractivity contribution is -0.140. The second kappa shape index (κ2) is 6.23. The van der Waals surface area contributed by atoms with Crippen molar-refractivity contribution in [2.75, 3.05) is 0 Å². The zero-order valence-corrected chi connectivity index (χ0v) is 17.8. The van der Waals surface area contributed by atoms with Gasteiger partial charge in [-0.3, -0.25) is 14.4 Å². The number of halogens is 1. The number of Topliss-reactive ketones (excluding diaryl/α,β-unsaturated/α-hetero) is 1. The molecule has 29 heavy (non-hydrogen) atoms.